The summed E-state index contributed by atoms with van der Waals surface area (Å²) in [6.45, 7) is 0.719. The second-order valence-corrected chi connectivity index (χ2v) is 5.15. The molecule has 0 spiro atoms. The van der Waals surface area contributed by atoms with Gasteiger partial charge in [-0.1, -0.05) is 0 Å². The summed E-state index contributed by atoms with van der Waals surface area (Å²) in [5.41, 5.74) is 3.63. The molecule has 21 heavy (non-hydrogen) atoms. The van der Waals surface area contributed by atoms with E-state index >= 15 is 0 Å². The molecule has 4 heteroatoms. The van der Waals surface area contributed by atoms with E-state index < -0.39 is 0 Å². The van der Waals surface area contributed by atoms with Crippen molar-refractivity contribution in [1.82, 2.24) is 4.98 Å². The third-order valence-electron chi connectivity index (χ3n) is 3.76. The molecule has 1 aromatic heterocycles. The summed E-state index contributed by atoms with van der Waals surface area (Å²) in [7, 11) is 0. The number of carbonyl (C=O) groups excluding carboxylic acids is 1. The van der Waals surface area contributed by atoms with Crippen LogP contribution in [0.5, 0.6) is 5.75 Å². The molecule has 4 rings (SSSR count). The third-order valence-corrected chi connectivity index (χ3v) is 3.76. The fourth-order valence-corrected chi connectivity index (χ4v) is 2.66. The molecule has 0 aliphatic carbocycles. The number of benzene rings is 2. The second kappa shape index (κ2) is 4.66. The van der Waals surface area contributed by atoms with Gasteiger partial charge in [0.2, 0.25) is 0 Å². The monoisotopic (exact) mass is 278 g/mol. The van der Waals surface area contributed by atoms with Gasteiger partial charge in [0.05, 0.1) is 6.61 Å². The van der Waals surface area contributed by atoms with E-state index in [1.165, 1.54) is 0 Å². The Hall–Kier alpha value is -2.75. The zero-order valence-electron chi connectivity index (χ0n) is 11.3. The fraction of sp³-hybridized carbons (Fsp3) is 0.118. The number of amides is 1. The molecule has 1 amide bonds. The van der Waals surface area contributed by atoms with Gasteiger partial charge in [-0.25, -0.2) is 0 Å². The van der Waals surface area contributed by atoms with Gasteiger partial charge in [-0.3, -0.25) is 4.79 Å². The molecule has 0 fully saturated rings. The van der Waals surface area contributed by atoms with Gasteiger partial charge in [0.25, 0.3) is 5.91 Å². The van der Waals surface area contributed by atoms with Crippen LogP contribution in [0.2, 0.25) is 0 Å². The molecule has 0 bridgehead atoms. The second-order valence-electron chi connectivity index (χ2n) is 5.15. The Labute approximate surface area is 121 Å². The summed E-state index contributed by atoms with van der Waals surface area (Å²) in [5, 5.41) is 3.97. The van der Waals surface area contributed by atoms with Crippen molar-refractivity contribution in [3.05, 3.63) is 59.8 Å². The Balaban J connectivity index is 1.60. The molecule has 1 aliphatic heterocycles. The Morgan fingerprint density at radius 2 is 2.10 bits per heavy atom. The Bertz CT molecular complexity index is 836. The number of aromatic nitrogens is 1. The van der Waals surface area contributed by atoms with E-state index in [9.17, 15) is 4.79 Å². The number of hydrogen-bond donors (Lipinski definition) is 2. The maximum absolute atomic E-state index is 12.3. The standard InChI is InChI=1S/C17H14N2O2/c20-17(13-1-3-15-11(9-13)5-7-18-15)19-14-2-4-16-12(10-14)6-8-21-16/h1-5,7,9-10,18H,6,8H2,(H,19,20). The Morgan fingerprint density at radius 1 is 1.14 bits per heavy atom. The minimum Gasteiger partial charge on any atom is -0.493 e. The normalized spacial score (nSPS) is 13.0. The van der Waals surface area contributed by atoms with Crippen molar-refractivity contribution in [3.63, 3.8) is 0 Å². The van der Waals surface area contributed by atoms with E-state index in [0.29, 0.717) is 5.56 Å². The molecule has 2 N–H and O–H groups in total. The van der Waals surface area contributed by atoms with Crippen LogP contribution in [0.4, 0.5) is 5.69 Å². The number of nitrogens with one attached hydrogen (secondary N) is 2. The van der Waals surface area contributed by atoms with Crippen LogP contribution in [0.15, 0.2) is 48.7 Å². The average Bonchev–Trinajstić information content (AvgIpc) is 3.14. The van der Waals surface area contributed by atoms with E-state index in [0.717, 1.165) is 40.9 Å². The highest BCUT2D eigenvalue weighted by Crippen LogP contribution is 2.28. The van der Waals surface area contributed by atoms with Gasteiger partial charge in [0, 0.05) is 34.8 Å². The van der Waals surface area contributed by atoms with Crippen molar-refractivity contribution in [1.29, 1.82) is 0 Å². The summed E-state index contributed by atoms with van der Waals surface area (Å²) < 4.78 is 5.47. The van der Waals surface area contributed by atoms with Crippen LogP contribution < -0.4 is 10.1 Å². The first kappa shape index (κ1) is 12.0. The number of anilines is 1. The van der Waals surface area contributed by atoms with Crippen LogP contribution in [0, 0.1) is 0 Å². The van der Waals surface area contributed by atoms with E-state index in [1.807, 2.05) is 48.7 Å². The molecule has 0 radical (unpaired) electrons. The molecule has 2 heterocycles. The van der Waals surface area contributed by atoms with Crippen LogP contribution in [0.1, 0.15) is 15.9 Å². The fourth-order valence-electron chi connectivity index (χ4n) is 2.66. The van der Waals surface area contributed by atoms with Gasteiger partial charge in [0.15, 0.2) is 0 Å². The zero-order valence-corrected chi connectivity index (χ0v) is 11.3. The van der Waals surface area contributed by atoms with Gasteiger partial charge in [-0.05, 0) is 48.0 Å². The predicted octanol–water partition coefficient (Wildman–Crippen LogP) is 3.36. The lowest BCUT2D eigenvalue weighted by molar-refractivity contribution is 0.102. The van der Waals surface area contributed by atoms with Gasteiger partial charge in [0.1, 0.15) is 5.75 Å². The van der Waals surface area contributed by atoms with Crippen LogP contribution in [-0.2, 0) is 6.42 Å². The van der Waals surface area contributed by atoms with E-state index in [-0.39, 0.29) is 5.91 Å². The topological polar surface area (TPSA) is 54.1 Å². The summed E-state index contributed by atoms with van der Waals surface area (Å²) in [4.78, 5) is 15.4. The minimum atomic E-state index is -0.100. The lowest BCUT2D eigenvalue weighted by Crippen LogP contribution is -2.11. The molecule has 0 atom stereocenters. The average molecular weight is 278 g/mol. The third kappa shape index (κ3) is 2.14. The van der Waals surface area contributed by atoms with E-state index in [4.69, 9.17) is 4.74 Å². The summed E-state index contributed by atoms with van der Waals surface area (Å²) in [5.74, 6) is 0.818. The number of hydrogen-bond acceptors (Lipinski definition) is 2. The van der Waals surface area contributed by atoms with Crippen LogP contribution >= 0.6 is 0 Å². The molecule has 0 unspecified atom stereocenters. The van der Waals surface area contributed by atoms with Crippen molar-refractivity contribution < 1.29 is 9.53 Å². The number of ether oxygens (including phenoxy) is 1. The van der Waals surface area contributed by atoms with Crippen LogP contribution in [0.3, 0.4) is 0 Å². The molecule has 2 aromatic carbocycles. The Morgan fingerprint density at radius 3 is 3.05 bits per heavy atom. The molecular formula is C17H14N2O2. The van der Waals surface area contributed by atoms with Crippen molar-refractivity contribution in [2.45, 2.75) is 6.42 Å². The van der Waals surface area contributed by atoms with Crippen LogP contribution in [-0.4, -0.2) is 17.5 Å². The van der Waals surface area contributed by atoms with Gasteiger partial charge in [-0.15, -0.1) is 0 Å². The molecule has 0 saturated carbocycles. The first-order valence-electron chi connectivity index (χ1n) is 6.94. The highest BCUT2D eigenvalue weighted by Gasteiger charge is 2.13. The summed E-state index contributed by atoms with van der Waals surface area (Å²) in [6, 6.07) is 13.3. The molecule has 104 valence electrons. The smallest absolute Gasteiger partial charge is 0.255 e. The number of aromatic amines is 1. The van der Waals surface area contributed by atoms with Gasteiger partial charge < -0.3 is 15.0 Å². The first-order chi connectivity index (χ1) is 10.3. The van der Waals surface area contributed by atoms with E-state index in [1.54, 1.807) is 0 Å². The van der Waals surface area contributed by atoms with Crippen molar-refractivity contribution >= 4 is 22.5 Å². The SMILES string of the molecule is O=C(Nc1ccc2c(c1)CCO2)c1ccc2[nH]ccc2c1. The van der Waals surface area contributed by atoms with Crippen molar-refractivity contribution in [2.24, 2.45) is 0 Å². The van der Waals surface area contributed by atoms with Crippen molar-refractivity contribution in [2.75, 3.05) is 11.9 Å². The number of fused-ring (bicyclic) bond motifs is 2. The molecule has 4 nitrogen and oxygen atoms in total. The lowest BCUT2D eigenvalue weighted by Gasteiger charge is -2.07. The van der Waals surface area contributed by atoms with Gasteiger partial charge >= 0.3 is 0 Å². The van der Waals surface area contributed by atoms with Crippen LogP contribution in [0.25, 0.3) is 10.9 Å². The first-order valence-corrected chi connectivity index (χ1v) is 6.94. The zero-order chi connectivity index (χ0) is 14.2. The predicted molar refractivity (Wildman–Crippen MR) is 81.9 cm³/mol. The summed E-state index contributed by atoms with van der Waals surface area (Å²) in [6.07, 6.45) is 2.77. The molecule has 1 aliphatic rings. The maximum Gasteiger partial charge on any atom is 0.255 e. The highest BCUT2D eigenvalue weighted by atomic mass is 16.5. The molecule has 0 saturated heterocycles. The minimum absolute atomic E-state index is 0.100. The maximum atomic E-state index is 12.3. The number of carbonyl (C=O) groups is 1. The highest BCUT2D eigenvalue weighted by molar-refractivity contribution is 6.06. The summed E-state index contributed by atoms with van der Waals surface area (Å²) >= 11 is 0. The van der Waals surface area contributed by atoms with Crippen molar-refractivity contribution in [3.8, 4) is 5.75 Å². The lowest BCUT2D eigenvalue weighted by atomic mass is 10.1. The number of H-pyrrole nitrogens is 1. The van der Waals surface area contributed by atoms with E-state index in [2.05, 4.69) is 10.3 Å². The number of rotatable bonds is 2. The molecule has 3 aromatic rings. The van der Waals surface area contributed by atoms with Gasteiger partial charge in [-0.2, -0.15) is 0 Å². The molecular weight excluding hydrogens is 264 g/mol. The quantitative estimate of drug-likeness (QED) is 0.755. The largest absolute Gasteiger partial charge is 0.493 e. The Kier molecular flexibility index (Phi) is 2.67.